The monoisotopic (exact) mass is 190 g/mol. The average molecular weight is 190 g/mol. The molecule has 0 N–H and O–H groups in total. The van der Waals surface area contributed by atoms with Crippen LogP contribution in [-0.2, 0) is 4.74 Å². The molecule has 3 heteroatoms. The highest BCUT2D eigenvalue weighted by Crippen LogP contribution is 2.56. The SMILES string of the molecule is COCC1CC(F)CC2CC2(F)C1. The van der Waals surface area contributed by atoms with Crippen LogP contribution in [0.5, 0.6) is 0 Å². The number of methoxy groups -OCH3 is 1. The molecule has 1 nitrogen and oxygen atoms in total. The zero-order valence-electron chi connectivity index (χ0n) is 7.93. The van der Waals surface area contributed by atoms with Gasteiger partial charge in [0.15, 0.2) is 0 Å². The van der Waals surface area contributed by atoms with E-state index in [9.17, 15) is 8.78 Å². The zero-order valence-corrected chi connectivity index (χ0v) is 7.93. The summed E-state index contributed by atoms with van der Waals surface area (Å²) in [5.41, 5.74) is -1.04. The molecule has 0 heterocycles. The van der Waals surface area contributed by atoms with Crippen molar-refractivity contribution < 1.29 is 13.5 Å². The molecule has 2 aliphatic carbocycles. The Morgan fingerprint density at radius 3 is 2.85 bits per heavy atom. The van der Waals surface area contributed by atoms with Crippen molar-refractivity contribution in [2.75, 3.05) is 13.7 Å². The van der Waals surface area contributed by atoms with Crippen LogP contribution in [0.1, 0.15) is 25.7 Å². The van der Waals surface area contributed by atoms with Crippen molar-refractivity contribution in [2.24, 2.45) is 11.8 Å². The van der Waals surface area contributed by atoms with Gasteiger partial charge in [-0.15, -0.1) is 0 Å². The molecule has 0 aromatic rings. The number of hydrogen-bond donors (Lipinski definition) is 0. The summed E-state index contributed by atoms with van der Waals surface area (Å²) in [5.74, 6) is 0.0851. The molecule has 0 radical (unpaired) electrons. The van der Waals surface area contributed by atoms with Crippen LogP contribution in [0.3, 0.4) is 0 Å². The third kappa shape index (κ3) is 1.85. The van der Waals surface area contributed by atoms with E-state index in [-0.39, 0.29) is 11.8 Å². The van der Waals surface area contributed by atoms with Crippen LogP contribution in [0, 0.1) is 11.8 Å². The summed E-state index contributed by atoms with van der Waals surface area (Å²) in [6.45, 7) is 0.499. The van der Waals surface area contributed by atoms with Gasteiger partial charge in [-0.3, -0.25) is 0 Å². The van der Waals surface area contributed by atoms with Gasteiger partial charge in [-0.1, -0.05) is 0 Å². The zero-order chi connectivity index (χ0) is 9.47. The van der Waals surface area contributed by atoms with Crippen molar-refractivity contribution in [1.82, 2.24) is 0 Å². The molecule has 4 atom stereocenters. The molecule has 0 saturated heterocycles. The fraction of sp³-hybridized carbons (Fsp3) is 1.00. The van der Waals surface area contributed by atoms with Crippen LogP contribution < -0.4 is 0 Å². The van der Waals surface area contributed by atoms with Crippen molar-refractivity contribution in [3.63, 3.8) is 0 Å². The highest BCUT2D eigenvalue weighted by molar-refractivity contribution is 5.07. The summed E-state index contributed by atoms with van der Waals surface area (Å²) in [6.07, 6.45) is 1.18. The summed E-state index contributed by atoms with van der Waals surface area (Å²) in [7, 11) is 1.59. The van der Waals surface area contributed by atoms with Gasteiger partial charge in [-0.2, -0.15) is 0 Å². The third-order valence-corrected chi connectivity index (χ3v) is 3.32. The van der Waals surface area contributed by atoms with E-state index in [2.05, 4.69) is 0 Å². The molecule has 2 saturated carbocycles. The van der Waals surface area contributed by atoms with Crippen molar-refractivity contribution >= 4 is 0 Å². The van der Waals surface area contributed by atoms with Crippen LogP contribution in [-0.4, -0.2) is 25.6 Å². The van der Waals surface area contributed by atoms with E-state index in [1.165, 1.54) is 0 Å². The first-order valence-electron chi connectivity index (χ1n) is 4.96. The fourth-order valence-electron chi connectivity index (χ4n) is 2.59. The topological polar surface area (TPSA) is 9.23 Å². The van der Waals surface area contributed by atoms with Gasteiger partial charge in [0.1, 0.15) is 11.8 Å². The minimum Gasteiger partial charge on any atom is -0.384 e. The van der Waals surface area contributed by atoms with Crippen LogP contribution in [0.25, 0.3) is 0 Å². The molecular formula is C10H16F2O. The van der Waals surface area contributed by atoms with E-state index in [0.29, 0.717) is 32.3 Å². The first-order chi connectivity index (χ1) is 6.14. The van der Waals surface area contributed by atoms with E-state index >= 15 is 0 Å². The molecule has 2 aliphatic rings. The normalized spacial score (nSPS) is 49.6. The molecule has 76 valence electrons. The van der Waals surface area contributed by atoms with Gasteiger partial charge in [-0.05, 0) is 37.5 Å². The van der Waals surface area contributed by atoms with Crippen molar-refractivity contribution in [2.45, 2.75) is 37.5 Å². The first kappa shape index (κ1) is 9.38. The molecule has 0 aromatic heterocycles. The highest BCUT2D eigenvalue weighted by Gasteiger charge is 2.58. The van der Waals surface area contributed by atoms with Crippen LogP contribution in [0.4, 0.5) is 8.78 Å². The molecule has 0 bridgehead atoms. The molecular weight excluding hydrogens is 174 g/mol. The molecule has 0 amide bonds. The summed E-state index contributed by atoms with van der Waals surface area (Å²) in [4.78, 5) is 0. The second-order valence-electron chi connectivity index (χ2n) is 4.53. The molecule has 4 unspecified atom stereocenters. The van der Waals surface area contributed by atoms with Crippen LogP contribution in [0.15, 0.2) is 0 Å². The van der Waals surface area contributed by atoms with Gasteiger partial charge >= 0.3 is 0 Å². The minimum absolute atomic E-state index is 0.00403. The highest BCUT2D eigenvalue weighted by atomic mass is 19.1. The number of alkyl halides is 2. The van der Waals surface area contributed by atoms with Gasteiger partial charge < -0.3 is 4.74 Å². The molecule has 0 aromatic carbocycles. The second-order valence-corrected chi connectivity index (χ2v) is 4.53. The number of halogens is 2. The molecule has 13 heavy (non-hydrogen) atoms. The van der Waals surface area contributed by atoms with Gasteiger partial charge in [0, 0.05) is 13.7 Å². The molecule has 0 spiro atoms. The summed E-state index contributed by atoms with van der Waals surface area (Å²) in [5, 5.41) is 0. The van der Waals surface area contributed by atoms with E-state index in [4.69, 9.17) is 4.74 Å². The van der Waals surface area contributed by atoms with Gasteiger partial charge in [0.25, 0.3) is 0 Å². The second kappa shape index (κ2) is 3.19. The Morgan fingerprint density at radius 2 is 2.15 bits per heavy atom. The quantitative estimate of drug-likeness (QED) is 0.650. The Morgan fingerprint density at radius 1 is 1.38 bits per heavy atom. The minimum atomic E-state index is -1.04. The smallest absolute Gasteiger partial charge is 0.114 e. The van der Waals surface area contributed by atoms with Gasteiger partial charge in [-0.25, -0.2) is 8.78 Å². The van der Waals surface area contributed by atoms with E-state index < -0.39 is 11.8 Å². The summed E-state index contributed by atoms with van der Waals surface area (Å²) in [6, 6.07) is 0. The predicted octanol–water partition coefficient (Wildman–Crippen LogP) is 2.50. The Kier molecular flexibility index (Phi) is 2.30. The number of fused-ring (bicyclic) bond motifs is 1. The Hall–Kier alpha value is -0.180. The van der Waals surface area contributed by atoms with Crippen molar-refractivity contribution in [3.8, 4) is 0 Å². The maximum atomic E-state index is 13.7. The number of hydrogen-bond acceptors (Lipinski definition) is 1. The molecule has 2 fully saturated rings. The summed E-state index contributed by atoms with van der Waals surface area (Å²) >= 11 is 0. The third-order valence-electron chi connectivity index (χ3n) is 3.32. The first-order valence-corrected chi connectivity index (χ1v) is 4.96. The summed E-state index contributed by atoms with van der Waals surface area (Å²) < 4.78 is 31.9. The maximum absolute atomic E-state index is 13.7. The van der Waals surface area contributed by atoms with E-state index in [1.807, 2.05) is 0 Å². The molecule has 0 aliphatic heterocycles. The van der Waals surface area contributed by atoms with Gasteiger partial charge in [0.05, 0.1) is 0 Å². The van der Waals surface area contributed by atoms with Gasteiger partial charge in [0.2, 0.25) is 0 Å². The van der Waals surface area contributed by atoms with E-state index in [0.717, 1.165) is 0 Å². The maximum Gasteiger partial charge on any atom is 0.114 e. The van der Waals surface area contributed by atoms with E-state index in [1.54, 1.807) is 7.11 Å². The van der Waals surface area contributed by atoms with Crippen LogP contribution >= 0.6 is 0 Å². The van der Waals surface area contributed by atoms with Crippen LogP contribution in [0.2, 0.25) is 0 Å². The lowest BCUT2D eigenvalue weighted by atomic mass is 9.98. The molecule has 2 rings (SSSR count). The standard InChI is InChI=1S/C10H16F2O/c1-13-6-7-2-9(11)3-8-5-10(8,12)4-7/h7-9H,2-6H2,1H3. The average Bonchev–Trinajstić information content (AvgIpc) is 2.60. The largest absolute Gasteiger partial charge is 0.384 e. The fourth-order valence-corrected chi connectivity index (χ4v) is 2.59. The Balaban J connectivity index is 1.97. The predicted molar refractivity (Wildman–Crippen MR) is 46.1 cm³/mol. The van der Waals surface area contributed by atoms with Crippen molar-refractivity contribution in [3.05, 3.63) is 0 Å². The lowest BCUT2D eigenvalue weighted by Crippen LogP contribution is -2.16. The lowest BCUT2D eigenvalue weighted by molar-refractivity contribution is 0.111. The van der Waals surface area contributed by atoms with Crippen molar-refractivity contribution in [1.29, 1.82) is 0 Å². The number of rotatable bonds is 2. The Labute approximate surface area is 77.5 Å². The Bertz CT molecular complexity index is 197. The lowest BCUT2D eigenvalue weighted by Gasteiger charge is -2.16. The number of ether oxygens (including phenoxy) is 1.